The van der Waals surface area contributed by atoms with Crippen LogP contribution in [0, 0.1) is 5.41 Å². The van der Waals surface area contributed by atoms with Gasteiger partial charge in [-0.1, -0.05) is 0 Å². The highest BCUT2D eigenvalue weighted by Gasteiger charge is 2.39. The van der Waals surface area contributed by atoms with Gasteiger partial charge < -0.3 is 15.4 Å². The number of piperidine rings is 1. The number of carbonyl (C=O) groups is 1. The molecule has 2 N–H and O–H groups in total. The van der Waals surface area contributed by atoms with Gasteiger partial charge in [-0.25, -0.2) is 0 Å². The summed E-state index contributed by atoms with van der Waals surface area (Å²) in [4.78, 5) is 12.4. The highest BCUT2D eigenvalue weighted by atomic mass is 32.1. The van der Waals surface area contributed by atoms with Crippen LogP contribution in [-0.4, -0.2) is 39.3 Å². The molecule has 19 heavy (non-hydrogen) atoms. The number of rotatable bonds is 6. The van der Waals surface area contributed by atoms with E-state index in [0.717, 1.165) is 32.4 Å². The monoisotopic (exact) mass is 282 g/mol. The van der Waals surface area contributed by atoms with E-state index in [1.54, 1.807) is 18.4 Å². The lowest BCUT2D eigenvalue weighted by Gasteiger charge is -2.35. The second kappa shape index (κ2) is 7.03. The minimum atomic E-state index is -0.339. The average Bonchev–Trinajstić information content (AvgIpc) is 2.93. The van der Waals surface area contributed by atoms with Crippen molar-refractivity contribution in [1.82, 2.24) is 10.6 Å². The first-order chi connectivity index (χ1) is 9.27. The molecule has 5 heteroatoms. The van der Waals surface area contributed by atoms with E-state index in [9.17, 15) is 4.79 Å². The van der Waals surface area contributed by atoms with E-state index >= 15 is 0 Å². The van der Waals surface area contributed by atoms with Crippen LogP contribution in [0.25, 0.3) is 0 Å². The first kappa shape index (κ1) is 14.5. The molecule has 0 atom stereocenters. The molecule has 2 rings (SSSR count). The Morgan fingerprint density at radius 2 is 2.32 bits per heavy atom. The number of ether oxygens (including phenoxy) is 1. The lowest BCUT2D eigenvalue weighted by atomic mass is 9.78. The summed E-state index contributed by atoms with van der Waals surface area (Å²) in [5, 5.41) is 10.6. The number of hydrogen-bond acceptors (Lipinski definition) is 4. The minimum Gasteiger partial charge on any atom is -0.384 e. The van der Waals surface area contributed by atoms with Crippen molar-refractivity contribution in [2.24, 2.45) is 5.41 Å². The summed E-state index contributed by atoms with van der Waals surface area (Å²) >= 11 is 1.69. The molecule has 0 aromatic carbocycles. The number of hydrogen-bond donors (Lipinski definition) is 2. The molecular formula is C14H22N2O2S. The highest BCUT2D eigenvalue weighted by molar-refractivity contribution is 7.07. The Bertz CT molecular complexity index is 381. The summed E-state index contributed by atoms with van der Waals surface area (Å²) in [6, 6.07) is 2.10. The summed E-state index contributed by atoms with van der Waals surface area (Å²) in [5.74, 6) is 0.145. The van der Waals surface area contributed by atoms with Gasteiger partial charge in [-0.05, 0) is 54.7 Å². The molecule has 0 aliphatic carbocycles. The zero-order valence-corrected chi connectivity index (χ0v) is 12.2. The van der Waals surface area contributed by atoms with Gasteiger partial charge in [-0.15, -0.1) is 0 Å². The third-order valence-electron chi connectivity index (χ3n) is 3.74. The van der Waals surface area contributed by atoms with E-state index < -0.39 is 0 Å². The van der Waals surface area contributed by atoms with E-state index in [0.29, 0.717) is 13.2 Å². The fourth-order valence-electron chi connectivity index (χ4n) is 2.56. The maximum Gasteiger partial charge on any atom is 0.228 e. The smallest absolute Gasteiger partial charge is 0.228 e. The number of amides is 1. The van der Waals surface area contributed by atoms with Gasteiger partial charge in [0.15, 0.2) is 0 Å². The number of methoxy groups -OCH3 is 1. The number of carbonyl (C=O) groups excluding carboxylic acids is 1. The van der Waals surface area contributed by atoms with Crippen molar-refractivity contribution in [2.75, 3.05) is 33.4 Å². The van der Waals surface area contributed by atoms with Gasteiger partial charge in [-0.2, -0.15) is 11.3 Å². The molecule has 4 nitrogen and oxygen atoms in total. The molecule has 0 saturated carbocycles. The minimum absolute atomic E-state index is 0.145. The Morgan fingerprint density at radius 1 is 1.53 bits per heavy atom. The maximum atomic E-state index is 12.4. The first-order valence-electron chi connectivity index (χ1n) is 6.76. The van der Waals surface area contributed by atoms with Crippen LogP contribution in [0.5, 0.6) is 0 Å². The quantitative estimate of drug-likeness (QED) is 0.830. The molecule has 0 unspecified atom stereocenters. The van der Waals surface area contributed by atoms with Gasteiger partial charge >= 0.3 is 0 Å². The molecule has 1 aliphatic heterocycles. The van der Waals surface area contributed by atoms with Crippen molar-refractivity contribution >= 4 is 17.2 Å². The Labute approximate surface area is 118 Å². The topological polar surface area (TPSA) is 50.4 Å². The van der Waals surface area contributed by atoms with Crippen molar-refractivity contribution in [3.05, 3.63) is 22.4 Å². The van der Waals surface area contributed by atoms with E-state index in [-0.39, 0.29) is 11.3 Å². The Morgan fingerprint density at radius 3 is 2.95 bits per heavy atom. The fraction of sp³-hybridized carbons (Fsp3) is 0.643. The second-order valence-electron chi connectivity index (χ2n) is 5.10. The summed E-state index contributed by atoms with van der Waals surface area (Å²) < 4.78 is 5.27. The molecule has 2 heterocycles. The molecule has 1 amide bonds. The largest absolute Gasteiger partial charge is 0.384 e. The number of nitrogens with one attached hydrogen (secondary N) is 2. The molecule has 0 radical (unpaired) electrons. The van der Waals surface area contributed by atoms with Crippen LogP contribution < -0.4 is 10.6 Å². The Balaban J connectivity index is 1.85. The molecule has 106 valence electrons. The van der Waals surface area contributed by atoms with Crippen molar-refractivity contribution in [3.8, 4) is 0 Å². The van der Waals surface area contributed by atoms with E-state index in [2.05, 4.69) is 27.5 Å². The van der Waals surface area contributed by atoms with Crippen LogP contribution >= 0.6 is 11.3 Å². The van der Waals surface area contributed by atoms with Crippen molar-refractivity contribution in [2.45, 2.75) is 19.3 Å². The first-order valence-corrected chi connectivity index (χ1v) is 7.70. The van der Waals surface area contributed by atoms with Crippen LogP contribution in [0.1, 0.15) is 18.4 Å². The lowest BCUT2D eigenvalue weighted by molar-refractivity contribution is -0.136. The van der Waals surface area contributed by atoms with Crippen LogP contribution in [-0.2, 0) is 16.0 Å². The van der Waals surface area contributed by atoms with Gasteiger partial charge in [0, 0.05) is 13.7 Å². The SMILES string of the molecule is COCC1(C(=O)NCCc2ccsc2)CCNCC1. The summed E-state index contributed by atoms with van der Waals surface area (Å²) in [7, 11) is 1.67. The molecule has 1 saturated heterocycles. The summed E-state index contributed by atoms with van der Waals surface area (Å²) in [6.45, 7) is 3.00. The standard InChI is InChI=1S/C14H22N2O2S/c1-18-11-14(4-7-15-8-5-14)13(17)16-6-2-12-3-9-19-10-12/h3,9-10,15H,2,4-8,11H2,1H3,(H,16,17). The predicted octanol–water partition coefficient (Wildman–Crippen LogP) is 1.42. The lowest BCUT2D eigenvalue weighted by Crippen LogP contribution is -2.50. The number of thiophene rings is 1. The normalized spacial score (nSPS) is 18.2. The van der Waals surface area contributed by atoms with Gasteiger partial charge in [0.1, 0.15) is 0 Å². The summed E-state index contributed by atoms with van der Waals surface area (Å²) in [5.41, 5.74) is 0.950. The Hall–Kier alpha value is -0.910. The van der Waals surface area contributed by atoms with Crippen LogP contribution in [0.2, 0.25) is 0 Å². The van der Waals surface area contributed by atoms with E-state index in [4.69, 9.17) is 4.74 Å². The van der Waals surface area contributed by atoms with Gasteiger partial charge in [-0.3, -0.25) is 4.79 Å². The van der Waals surface area contributed by atoms with Crippen LogP contribution in [0.3, 0.4) is 0 Å². The molecule has 0 spiro atoms. The van der Waals surface area contributed by atoms with Crippen LogP contribution in [0.4, 0.5) is 0 Å². The van der Waals surface area contributed by atoms with Crippen molar-refractivity contribution in [1.29, 1.82) is 0 Å². The summed E-state index contributed by atoms with van der Waals surface area (Å²) in [6.07, 6.45) is 2.60. The molecular weight excluding hydrogens is 260 g/mol. The zero-order valence-electron chi connectivity index (χ0n) is 11.4. The predicted molar refractivity (Wildman–Crippen MR) is 77.4 cm³/mol. The second-order valence-corrected chi connectivity index (χ2v) is 5.88. The van der Waals surface area contributed by atoms with Gasteiger partial charge in [0.25, 0.3) is 0 Å². The molecule has 1 aromatic rings. The molecule has 1 aromatic heterocycles. The van der Waals surface area contributed by atoms with Crippen molar-refractivity contribution in [3.63, 3.8) is 0 Å². The van der Waals surface area contributed by atoms with Crippen molar-refractivity contribution < 1.29 is 9.53 Å². The third-order valence-corrected chi connectivity index (χ3v) is 4.47. The van der Waals surface area contributed by atoms with E-state index in [1.807, 2.05) is 0 Å². The van der Waals surface area contributed by atoms with Crippen LogP contribution in [0.15, 0.2) is 16.8 Å². The van der Waals surface area contributed by atoms with Gasteiger partial charge in [0.2, 0.25) is 5.91 Å². The highest BCUT2D eigenvalue weighted by Crippen LogP contribution is 2.29. The third kappa shape index (κ3) is 3.78. The Kier molecular flexibility index (Phi) is 5.36. The average molecular weight is 282 g/mol. The maximum absolute atomic E-state index is 12.4. The van der Waals surface area contributed by atoms with Gasteiger partial charge in [0.05, 0.1) is 12.0 Å². The zero-order chi connectivity index (χ0) is 13.6. The molecule has 0 bridgehead atoms. The molecule has 1 aliphatic rings. The van der Waals surface area contributed by atoms with E-state index in [1.165, 1.54) is 5.56 Å². The molecule has 1 fully saturated rings. The fourth-order valence-corrected chi connectivity index (χ4v) is 3.26.